The molecule has 0 spiro atoms. The summed E-state index contributed by atoms with van der Waals surface area (Å²) < 4.78 is 7.87. The van der Waals surface area contributed by atoms with Crippen LogP contribution in [0, 0.1) is 0 Å². The molecule has 3 rings (SSSR count). The minimum absolute atomic E-state index is 0.194. The molecule has 0 saturated carbocycles. The Kier molecular flexibility index (Phi) is 2.05. The van der Waals surface area contributed by atoms with E-state index in [4.69, 9.17) is 4.74 Å². The van der Waals surface area contributed by atoms with Crippen molar-refractivity contribution in [3.8, 4) is 11.4 Å². The number of hydrogen-bond donors (Lipinski definition) is 1. The molecule has 2 heterocycles. The molecule has 92 valence electrons. The monoisotopic (exact) mass is 243 g/mol. The second-order valence-corrected chi connectivity index (χ2v) is 4.83. The highest BCUT2D eigenvalue weighted by atomic mass is 16.5. The molecular weight excluding hydrogens is 230 g/mol. The van der Waals surface area contributed by atoms with E-state index in [1.807, 2.05) is 42.8 Å². The van der Waals surface area contributed by atoms with Gasteiger partial charge in [0.1, 0.15) is 11.2 Å². The lowest BCUT2D eigenvalue weighted by Gasteiger charge is -2.34. The number of rotatable bonds is 1. The van der Waals surface area contributed by atoms with E-state index in [0.29, 0.717) is 5.75 Å². The van der Waals surface area contributed by atoms with Gasteiger partial charge in [0.05, 0.1) is 11.4 Å². The summed E-state index contributed by atoms with van der Waals surface area (Å²) in [4.78, 5) is 11.2. The number of carboxylic acid groups (broad SMARTS) is 1. The second kappa shape index (κ2) is 3.38. The van der Waals surface area contributed by atoms with Crippen LogP contribution in [0.2, 0.25) is 0 Å². The number of ether oxygens (including phenoxy) is 1. The molecule has 1 N–H and O–H groups in total. The molecule has 4 nitrogen and oxygen atoms in total. The van der Waals surface area contributed by atoms with E-state index >= 15 is 0 Å². The lowest BCUT2D eigenvalue weighted by Crippen LogP contribution is -2.33. The fourth-order valence-electron chi connectivity index (χ4n) is 2.38. The molecule has 4 heteroatoms. The number of carboxylic acids is 1. The maximum Gasteiger partial charge on any atom is 0.339 e. The molecule has 0 atom stereocenters. The van der Waals surface area contributed by atoms with Crippen LogP contribution >= 0.6 is 0 Å². The minimum Gasteiger partial charge on any atom is -0.479 e. The molecular formula is C14H13NO3. The van der Waals surface area contributed by atoms with Crippen LogP contribution in [0.25, 0.3) is 5.69 Å². The van der Waals surface area contributed by atoms with Gasteiger partial charge < -0.3 is 14.4 Å². The molecule has 0 unspecified atom stereocenters. The van der Waals surface area contributed by atoms with Gasteiger partial charge in [-0.1, -0.05) is 6.07 Å². The maximum absolute atomic E-state index is 11.2. The molecule has 0 radical (unpaired) electrons. The first-order valence-electron chi connectivity index (χ1n) is 5.74. The van der Waals surface area contributed by atoms with Crippen molar-refractivity contribution in [1.29, 1.82) is 0 Å². The quantitative estimate of drug-likeness (QED) is 0.837. The Labute approximate surface area is 104 Å². The molecule has 0 bridgehead atoms. The zero-order chi connectivity index (χ0) is 12.9. The van der Waals surface area contributed by atoms with Crippen LogP contribution in [0.5, 0.6) is 5.75 Å². The van der Waals surface area contributed by atoms with E-state index in [1.165, 1.54) is 0 Å². The van der Waals surface area contributed by atoms with E-state index in [-0.39, 0.29) is 5.56 Å². The number of fused-ring (bicyclic) bond motifs is 3. The van der Waals surface area contributed by atoms with Crippen LogP contribution < -0.4 is 4.74 Å². The Balaban J connectivity index is 2.33. The van der Waals surface area contributed by atoms with Crippen molar-refractivity contribution in [2.75, 3.05) is 0 Å². The fourth-order valence-corrected chi connectivity index (χ4v) is 2.38. The normalized spacial score (nSPS) is 15.4. The van der Waals surface area contributed by atoms with E-state index in [0.717, 1.165) is 11.4 Å². The third-order valence-corrected chi connectivity index (χ3v) is 3.21. The van der Waals surface area contributed by atoms with Crippen molar-refractivity contribution in [3.05, 3.63) is 47.8 Å². The van der Waals surface area contributed by atoms with Crippen molar-refractivity contribution in [2.24, 2.45) is 0 Å². The summed E-state index contributed by atoms with van der Waals surface area (Å²) in [6.07, 6.45) is 1.92. The predicted molar refractivity (Wildman–Crippen MR) is 66.4 cm³/mol. The first kappa shape index (κ1) is 10.9. The Hall–Kier alpha value is -2.23. The number of aromatic carboxylic acids is 1. The topological polar surface area (TPSA) is 51.5 Å². The van der Waals surface area contributed by atoms with Gasteiger partial charge in [-0.15, -0.1) is 0 Å². The standard InChI is InChI=1S/C14H13NO3/c1-14(2)11-7-4-8-15(11)10-6-3-5-9(13(16)17)12(10)18-14/h3-8H,1-2H3,(H,16,17). The van der Waals surface area contributed by atoms with Crippen LogP contribution in [0.4, 0.5) is 0 Å². The number of hydrogen-bond acceptors (Lipinski definition) is 2. The third-order valence-electron chi connectivity index (χ3n) is 3.21. The lowest BCUT2D eigenvalue weighted by atomic mass is 10.0. The highest BCUT2D eigenvalue weighted by Crippen LogP contribution is 2.40. The van der Waals surface area contributed by atoms with Crippen molar-refractivity contribution in [2.45, 2.75) is 19.4 Å². The summed E-state index contributed by atoms with van der Waals surface area (Å²) in [5.41, 5.74) is 1.44. The van der Waals surface area contributed by atoms with Gasteiger partial charge in [-0.3, -0.25) is 0 Å². The van der Waals surface area contributed by atoms with Crippen molar-refractivity contribution in [1.82, 2.24) is 4.57 Å². The number of nitrogens with zero attached hydrogens (tertiary/aromatic N) is 1. The van der Waals surface area contributed by atoms with Gasteiger partial charge in [0, 0.05) is 6.20 Å². The van der Waals surface area contributed by atoms with Crippen molar-refractivity contribution in [3.63, 3.8) is 0 Å². The third kappa shape index (κ3) is 1.35. The fraction of sp³-hybridized carbons (Fsp3) is 0.214. The number of carbonyl (C=O) groups is 1. The maximum atomic E-state index is 11.2. The zero-order valence-corrected chi connectivity index (χ0v) is 10.2. The average molecular weight is 243 g/mol. The van der Waals surface area contributed by atoms with Gasteiger partial charge in [-0.25, -0.2) is 4.79 Å². The molecule has 0 amide bonds. The summed E-state index contributed by atoms with van der Waals surface area (Å²) in [6.45, 7) is 3.86. The Morgan fingerprint density at radius 1 is 1.28 bits per heavy atom. The summed E-state index contributed by atoms with van der Waals surface area (Å²) in [5, 5.41) is 9.22. The average Bonchev–Trinajstić information content (AvgIpc) is 2.77. The smallest absolute Gasteiger partial charge is 0.339 e. The summed E-state index contributed by atoms with van der Waals surface area (Å²) in [7, 11) is 0. The van der Waals surface area contributed by atoms with Gasteiger partial charge in [0.25, 0.3) is 0 Å². The largest absolute Gasteiger partial charge is 0.479 e. The van der Waals surface area contributed by atoms with Gasteiger partial charge >= 0.3 is 5.97 Å². The Morgan fingerprint density at radius 3 is 2.78 bits per heavy atom. The zero-order valence-electron chi connectivity index (χ0n) is 10.2. The number of para-hydroxylation sites is 1. The lowest BCUT2D eigenvalue weighted by molar-refractivity contribution is 0.0657. The minimum atomic E-state index is -0.974. The van der Waals surface area contributed by atoms with Crippen LogP contribution in [0.1, 0.15) is 29.9 Å². The number of benzene rings is 1. The van der Waals surface area contributed by atoms with Gasteiger partial charge in [-0.2, -0.15) is 0 Å². The van der Waals surface area contributed by atoms with Gasteiger partial charge in [-0.05, 0) is 38.1 Å². The van der Waals surface area contributed by atoms with Crippen molar-refractivity contribution >= 4 is 5.97 Å². The molecule has 1 aromatic heterocycles. The highest BCUT2D eigenvalue weighted by molar-refractivity contribution is 5.92. The molecule has 1 aliphatic heterocycles. The Morgan fingerprint density at radius 2 is 2.06 bits per heavy atom. The second-order valence-electron chi connectivity index (χ2n) is 4.83. The first-order valence-corrected chi connectivity index (χ1v) is 5.74. The molecule has 0 aliphatic carbocycles. The summed E-state index contributed by atoms with van der Waals surface area (Å²) in [6, 6.07) is 9.07. The predicted octanol–water partition coefficient (Wildman–Crippen LogP) is 2.80. The summed E-state index contributed by atoms with van der Waals surface area (Å²) in [5.74, 6) is -0.544. The summed E-state index contributed by atoms with van der Waals surface area (Å²) >= 11 is 0. The number of aromatic nitrogens is 1. The van der Waals surface area contributed by atoms with Crippen LogP contribution in [-0.2, 0) is 5.60 Å². The molecule has 2 aromatic rings. The van der Waals surface area contributed by atoms with Crippen molar-refractivity contribution < 1.29 is 14.6 Å². The van der Waals surface area contributed by atoms with E-state index in [1.54, 1.807) is 12.1 Å². The molecule has 1 aromatic carbocycles. The van der Waals surface area contributed by atoms with E-state index < -0.39 is 11.6 Å². The van der Waals surface area contributed by atoms with Gasteiger partial charge in [0.2, 0.25) is 0 Å². The first-order chi connectivity index (χ1) is 8.50. The molecule has 18 heavy (non-hydrogen) atoms. The van der Waals surface area contributed by atoms with Crippen LogP contribution in [0.3, 0.4) is 0 Å². The molecule has 0 saturated heterocycles. The van der Waals surface area contributed by atoms with E-state index in [2.05, 4.69) is 0 Å². The molecule has 1 aliphatic rings. The van der Waals surface area contributed by atoms with Crippen LogP contribution in [-0.4, -0.2) is 15.6 Å². The SMILES string of the molecule is CC1(C)Oc2c(C(=O)O)cccc2-n2cccc21. The Bertz CT molecular complexity index is 640. The molecule has 0 fully saturated rings. The van der Waals surface area contributed by atoms with Crippen LogP contribution in [0.15, 0.2) is 36.5 Å². The van der Waals surface area contributed by atoms with Gasteiger partial charge in [0.15, 0.2) is 5.75 Å². The van der Waals surface area contributed by atoms with E-state index in [9.17, 15) is 9.90 Å². The highest BCUT2D eigenvalue weighted by Gasteiger charge is 2.34.